The zero-order chi connectivity index (χ0) is 14.5. The van der Waals surface area contributed by atoms with Crippen LogP contribution >= 0.6 is 0 Å². The van der Waals surface area contributed by atoms with Crippen molar-refractivity contribution < 1.29 is 14.3 Å². The third kappa shape index (κ3) is 3.12. The van der Waals surface area contributed by atoms with Crippen LogP contribution in [0.2, 0.25) is 0 Å². The zero-order valence-corrected chi connectivity index (χ0v) is 10.4. The molecule has 4 nitrogen and oxygen atoms in total. The largest absolute Gasteiger partial charge is 0.478 e. The van der Waals surface area contributed by atoms with Gasteiger partial charge in [-0.3, -0.25) is 0 Å². The van der Waals surface area contributed by atoms with Gasteiger partial charge in [0.05, 0.1) is 22.9 Å². The summed E-state index contributed by atoms with van der Waals surface area (Å²) in [6.45, 7) is 0.301. The predicted octanol–water partition coefficient (Wildman–Crippen LogP) is 3.01. The Morgan fingerprint density at radius 3 is 2.80 bits per heavy atom. The van der Waals surface area contributed by atoms with Crippen LogP contribution in [0.4, 0.5) is 10.1 Å². The fourth-order valence-electron chi connectivity index (χ4n) is 1.74. The summed E-state index contributed by atoms with van der Waals surface area (Å²) in [5.41, 5.74) is 1.46. The van der Waals surface area contributed by atoms with Crippen LogP contribution in [0.5, 0.6) is 0 Å². The van der Waals surface area contributed by atoms with Crippen LogP contribution in [-0.4, -0.2) is 11.1 Å². The SMILES string of the molecule is N#Cc1cccc(CNc2cc(C(=O)O)ccc2F)c1. The van der Waals surface area contributed by atoms with Crippen molar-refractivity contribution in [2.75, 3.05) is 5.32 Å². The van der Waals surface area contributed by atoms with E-state index in [0.29, 0.717) is 12.1 Å². The van der Waals surface area contributed by atoms with Crippen LogP contribution < -0.4 is 5.32 Å². The van der Waals surface area contributed by atoms with E-state index in [2.05, 4.69) is 5.32 Å². The van der Waals surface area contributed by atoms with E-state index in [9.17, 15) is 9.18 Å². The van der Waals surface area contributed by atoms with E-state index < -0.39 is 11.8 Å². The molecule has 2 rings (SSSR count). The molecule has 5 heteroatoms. The average molecular weight is 270 g/mol. The van der Waals surface area contributed by atoms with Crippen LogP contribution in [-0.2, 0) is 6.54 Å². The fourth-order valence-corrected chi connectivity index (χ4v) is 1.74. The second-order valence-electron chi connectivity index (χ2n) is 4.17. The second kappa shape index (κ2) is 5.85. The minimum absolute atomic E-state index is 0.0136. The molecule has 0 atom stereocenters. The highest BCUT2D eigenvalue weighted by atomic mass is 19.1. The van der Waals surface area contributed by atoms with Gasteiger partial charge in [0.25, 0.3) is 0 Å². The molecule has 0 aliphatic carbocycles. The Bertz CT molecular complexity index is 693. The van der Waals surface area contributed by atoms with Crippen molar-refractivity contribution in [2.45, 2.75) is 6.54 Å². The highest BCUT2D eigenvalue weighted by Gasteiger charge is 2.08. The average Bonchev–Trinajstić information content (AvgIpc) is 2.46. The van der Waals surface area contributed by atoms with Crippen molar-refractivity contribution in [1.29, 1.82) is 5.26 Å². The van der Waals surface area contributed by atoms with Crippen molar-refractivity contribution in [3.05, 3.63) is 65.0 Å². The third-order valence-electron chi connectivity index (χ3n) is 2.75. The minimum Gasteiger partial charge on any atom is -0.478 e. The number of benzene rings is 2. The van der Waals surface area contributed by atoms with Crippen LogP contribution in [0, 0.1) is 17.1 Å². The second-order valence-corrected chi connectivity index (χ2v) is 4.17. The third-order valence-corrected chi connectivity index (χ3v) is 2.75. The molecule has 20 heavy (non-hydrogen) atoms. The standard InChI is InChI=1S/C15H11FN2O2/c16-13-5-4-12(15(19)20)7-14(13)18-9-11-3-1-2-10(6-11)8-17/h1-7,18H,9H2,(H,19,20). The number of aromatic carboxylic acids is 1. The number of nitrogens with zero attached hydrogens (tertiary/aromatic N) is 1. The molecule has 100 valence electrons. The van der Waals surface area contributed by atoms with Crippen LogP contribution in [0.15, 0.2) is 42.5 Å². The molecule has 0 fully saturated rings. The molecule has 2 aromatic carbocycles. The first kappa shape index (κ1) is 13.6. The van der Waals surface area contributed by atoms with Gasteiger partial charge in [-0.25, -0.2) is 9.18 Å². The number of anilines is 1. The number of carbonyl (C=O) groups is 1. The number of nitriles is 1. The predicted molar refractivity (Wildman–Crippen MR) is 71.8 cm³/mol. The van der Waals surface area contributed by atoms with E-state index in [1.807, 2.05) is 6.07 Å². The van der Waals surface area contributed by atoms with Gasteiger partial charge in [0.2, 0.25) is 0 Å². The van der Waals surface area contributed by atoms with Gasteiger partial charge >= 0.3 is 5.97 Å². The summed E-state index contributed by atoms with van der Waals surface area (Å²) in [5.74, 6) is -1.63. The Morgan fingerprint density at radius 2 is 2.10 bits per heavy atom. The molecular weight excluding hydrogens is 259 g/mol. The molecule has 2 N–H and O–H groups in total. The van der Waals surface area contributed by atoms with Gasteiger partial charge in [-0.15, -0.1) is 0 Å². The number of nitrogens with one attached hydrogen (secondary N) is 1. The summed E-state index contributed by atoms with van der Waals surface area (Å²) in [4.78, 5) is 10.8. The number of hydrogen-bond acceptors (Lipinski definition) is 3. The molecule has 2 aromatic rings. The maximum absolute atomic E-state index is 13.6. The fraction of sp³-hybridized carbons (Fsp3) is 0.0667. The van der Waals surface area contributed by atoms with Gasteiger partial charge in [-0.05, 0) is 35.9 Å². The van der Waals surface area contributed by atoms with Crippen LogP contribution in [0.25, 0.3) is 0 Å². The van der Waals surface area contributed by atoms with E-state index in [1.54, 1.807) is 24.3 Å². The van der Waals surface area contributed by atoms with Crippen LogP contribution in [0.1, 0.15) is 21.5 Å². The number of rotatable bonds is 4. The molecule has 0 saturated heterocycles. The molecule has 0 aliphatic heterocycles. The zero-order valence-electron chi connectivity index (χ0n) is 10.4. The van der Waals surface area contributed by atoms with Gasteiger partial charge < -0.3 is 10.4 Å². The Labute approximate surface area is 115 Å². The van der Waals surface area contributed by atoms with Gasteiger partial charge in [-0.1, -0.05) is 12.1 Å². The summed E-state index contributed by atoms with van der Waals surface area (Å²) in [5, 5.41) is 20.5. The smallest absolute Gasteiger partial charge is 0.335 e. The number of halogens is 1. The Hall–Kier alpha value is -2.87. The number of hydrogen-bond donors (Lipinski definition) is 2. The molecule has 0 heterocycles. The van der Waals surface area contributed by atoms with E-state index in [-0.39, 0.29) is 11.3 Å². The summed E-state index contributed by atoms with van der Waals surface area (Å²) in [6, 6.07) is 12.5. The lowest BCUT2D eigenvalue weighted by Crippen LogP contribution is -2.04. The monoisotopic (exact) mass is 270 g/mol. The molecule has 0 amide bonds. The van der Waals surface area contributed by atoms with Crippen molar-refractivity contribution in [2.24, 2.45) is 0 Å². The quantitative estimate of drug-likeness (QED) is 0.895. The summed E-state index contributed by atoms with van der Waals surface area (Å²) in [7, 11) is 0. The topological polar surface area (TPSA) is 73.1 Å². The summed E-state index contributed by atoms with van der Waals surface area (Å²) < 4.78 is 13.6. The first-order valence-corrected chi connectivity index (χ1v) is 5.86. The molecule has 0 radical (unpaired) electrons. The molecule has 0 aromatic heterocycles. The molecule has 0 unspecified atom stereocenters. The lowest BCUT2D eigenvalue weighted by molar-refractivity contribution is 0.0697. The van der Waals surface area contributed by atoms with Crippen molar-refractivity contribution >= 4 is 11.7 Å². The number of carboxylic acid groups (broad SMARTS) is 1. The Balaban J connectivity index is 2.16. The number of carboxylic acids is 1. The molecule has 0 aliphatic rings. The Morgan fingerprint density at radius 1 is 1.30 bits per heavy atom. The van der Waals surface area contributed by atoms with Crippen LogP contribution in [0.3, 0.4) is 0 Å². The van der Waals surface area contributed by atoms with Gasteiger partial charge in [0.1, 0.15) is 5.82 Å². The molecule has 0 bridgehead atoms. The van der Waals surface area contributed by atoms with E-state index in [0.717, 1.165) is 11.6 Å². The summed E-state index contributed by atoms with van der Waals surface area (Å²) in [6.07, 6.45) is 0. The molecule has 0 saturated carbocycles. The van der Waals surface area contributed by atoms with Crippen molar-refractivity contribution in [3.63, 3.8) is 0 Å². The normalized spacial score (nSPS) is 9.80. The lowest BCUT2D eigenvalue weighted by atomic mass is 10.1. The van der Waals surface area contributed by atoms with Gasteiger partial charge in [-0.2, -0.15) is 5.26 Å². The maximum atomic E-state index is 13.6. The van der Waals surface area contributed by atoms with Gasteiger partial charge in [0.15, 0.2) is 0 Å². The lowest BCUT2D eigenvalue weighted by Gasteiger charge is -2.08. The van der Waals surface area contributed by atoms with Crippen molar-refractivity contribution in [3.8, 4) is 6.07 Å². The first-order valence-electron chi connectivity index (χ1n) is 5.86. The van der Waals surface area contributed by atoms with E-state index in [4.69, 9.17) is 10.4 Å². The highest BCUT2D eigenvalue weighted by Crippen LogP contribution is 2.17. The molecular formula is C15H11FN2O2. The minimum atomic E-state index is -1.11. The van der Waals surface area contributed by atoms with Crippen molar-refractivity contribution in [1.82, 2.24) is 0 Å². The maximum Gasteiger partial charge on any atom is 0.335 e. The highest BCUT2D eigenvalue weighted by molar-refractivity contribution is 5.88. The first-order chi connectivity index (χ1) is 9.60. The van der Waals surface area contributed by atoms with E-state index >= 15 is 0 Å². The molecule has 0 spiro atoms. The summed E-state index contributed by atoms with van der Waals surface area (Å²) >= 11 is 0. The van der Waals surface area contributed by atoms with E-state index in [1.165, 1.54) is 12.1 Å². The van der Waals surface area contributed by atoms with Gasteiger partial charge in [0, 0.05) is 6.54 Å². The Kier molecular flexibility index (Phi) is 3.96.